The number of nitrogens with one attached hydrogen (secondary N) is 8. The first kappa shape index (κ1) is 65.4. The number of fused-ring (bicyclic) bond motifs is 1. The van der Waals surface area contributed by atoms with E-state index in [1.54, 1.807) is 20.0 Å². The maximum absolute atomic E-state index is 14.5. The summed E-state index contributed by atoms with van der Waals surface area (Å²) < 4.78 is -1.96. The minimum Gasteiger partial charge on any atom is -0.481 e. The summed E-state index contributed by atoms with van der Waals surface area (Å²) in [5.41, 5.74) is 23.1. The Hall–Kier alpha value is -7.10. The SMILES string of the molecule is CC[C@H](C)[C@H](NC(=O)[C@@H](Cc1c[nH]c2ccccc12)NC(=O)CC1(S)CCCCC1)C(=O)N[C@@H](CCC(=O)O)C(=O)N[C@@H](CC(N)=O)C(=O)N[C@@H](C(=O)N1CCC[C@@H]1C(=O)N[C@@H](CCCN=C(N)N)C(=O)NCC(N)=O)C(C)(C)S. The van der Waals surface area contributed by atoms with Gasteiger partial charge in [0.2, 0.25) is 59.1 Å². The van der Waals surface area contributed by atoms with Crippen molar-refractivity contribution in [2.45, 2.75) is 176 Å². The second kappa shape index (κ2) is 30.5. The third kappa shape index (κ3) is 20.2. The fourth-order valence-corrected chi connectivity index (χ4v) is 10.3. The number of primary amides is 2. The second-order valence-corrected chi connectivity index (χ2v) is 23.3. The van der Waals surface area contributed by atoms with Crippen LogP contribution in [0.25, 0.3) is 10.9 Å². The number of likely N-dealkylation sites (tertiary alicyclic amines) is 1. The van der Waals surface area contributed by atoms with Crippen LogP contribution >= 0.6 is 25.3 Å². The van der Waals surface area contributed by atoms with E-state index in [4.69, 9.17) is 35.6 Å². The summed E-state index contributed by atoms with van der Waals surface area (Å²) in [6, 6.07) is -2.57. The van der Waals surface area contributed by atoms with E-state index < -0.39 is 149 Å². The van der Waals surface area contributed by atoms with Crippen molar-refractivity contribution in [1.29, 1.82) is 0 Å². The number of rotatable bonds is 31. The molecular formula is C52H80N14O12S2. The highest BCUT2D eigenvalue weighted by molar-refractivity contribution is 7.82. The van der Waals surface area contributed by atoms with E-state index in [0.717, 1.165) is 43.0 Å². The Balaban J connectivity index is 1.56. The van der Waals surface area contributed by atoms with E-state index in [2.05, 4.69) is 59.8 Å². The Morgan fingerprint density at radius 2 is 1.44 bits per heavy atom. The molecule has 4 rings (SSSR count). The van der Waals surface area contributed by atoms with Gasteiger partial charge in [-0.1, -0.05) is 57.7 Å². The van der Waals surface area contributed by atoms with Crippen LogP contribution in [0.3, 0.4) is 0 Å². The number of aliphatic imine (C=N–C) groups is 1. The molecular weight excluding hydrogens is 1080 g/mol. The van der Waals surface area contributed by atoms with E-state index in [0.29, 0.717) is 18.4 Å². The smallest absolute Gasteiger partial charge is 0.303 e. The average Bonchev–Trinajstić information content (AvgIpc) is 4.11. The maximum Gasteiger partial charge on any atom is 0.303 e. The average molecular weight is 1160 g/mol. The van der Waals surface area contributed by atoms with E-state index in [9.17, 15) is 57.8 Å². The fourth-order valence-electron chi connectivity index (χ4n) is 9.69. The molecule has 2 aromatic rings. The summed E-state index contributed by atoms with van der Waals surface area (Å²) in [6.45, 7) is 6.01. The first-order chi connectivity index (χ1) is 37.6. The molecule has 26 nitrogen and oxygen atoms in total. The number of amides is 10. The Bertz CT molecular complexity index is 2600. The molecule has 28 heteroatoms. The first-order valence-electron chi connectivity index (χ1n) is 26.9. The summed E-state index contributed by atoms with van der Waals surface area (Å²) >= 11 is 9.44. The molecule has 2 fully saturated rings. The number of para-hydroxylation sites is 1. The lowest BCUT2D eigenvalue weighted by atomic mass is 9.85. The molecule has 80 heavy (non-hydrogen) atoms. The van der Waals surface area contributed by atoms with Gasteiger partial charge in [0.15, 0.2) is 5.96 Å². The topological polar surface area (TPSA) is 428 Å². The largest absolute Gasteiger partial charge is 0.481 e. The predicted molar refractivity (Wildman–Crippen MR) is 303 cm³/mol. The molecule has 1 saturated heterocycles. The monoisotopic (exact) mass is 1160 g/mol. The summed E-state index contributed by atoms with van der Waals surface area (Å²) in [6.07, 6.45) is 5.10. The lowest BCUT2D eigenvalue weighted by Gasteiger charge is -2.36. The summed E-state index contributed by atoms with van der Waals surface area (Å²) in [5.74, 6) is -10.6. The highest BCUT2D eigenvalue weighted by Gasteiger charge is 2.44. The number of hydrogen-bond acceptors (Lipinski definition) is 14. The number of carboxylic acid groups (broad SMARTS) is 1. The Kier molecular flexibility index (Phi) is 24.9. The van der Waals surface area contributed by atoms with Gasteiger partial charge >= 0.3 is 5.97 Å². The van der Waals surface area contributed by atoms with E-state index in [1.165, 1.54) is 18.7 Å². The summed E-state index contributed by atoms with van der Waals surface area (Å²) in [4.78, 5) is 157. The number of nitrogens with zero attached hydrogens (tertiary/aromatic N) is 2. The van der Waals surface area contributed by atoms with Crippen LogP contribution < -0.4 is 60.2 Å². The highest BCUT2D eigenvalue weighted by atomic mass is 32.1. The first-order valence-corrected chi connectivity index (χ1v) is 27.7. The molecule has 8 atom stereocenters. The third-order valence-electron chi connectivity index (χ3n) is 14.2. The number of H-pyrrole nitrogens is 1. The van der Waals surface area contributed by atoms with Gasteiger partial charge in [-0.25, -0.2) is 0 Å². The molecule has 1 aliphatic carbocycles. The Morgan fingerprint density at radius 1 is 0.800 bits per heavy atom. The number of hydrogen-bond donors (Lipinski definition) is 15. The number of nitrogens with two attached hydrogens (primary N) is 4. The lowest BCUT2D eigenvalue weighted by Crippen LogP contribution is -2.63. The quantitative estimate of drug-likeness (QED) is 0.0182. The van der Waals surface area contributed by atoms with Crippen LogP contribution in [0.2, 0.25) is 0 Å². The van der Waals surface area contributed by atoms with Crippen molar-refractivity contribution in [2.75, 3.05) is 19.6 Å². The molecule has 1 aromatic heterocycles. The number of benzene rings is 1. The third-order valence-corrected chi connectivity index (χ3v) is 15.1. The number of carbonyl (C=O) groups excluding carboxylic acids is 10. The van der Waals surface area contributed by atoms with Crippen molar-refractivity contribution in [3.05, 3.63) is 36.0 Å². The van der Waals surface area contributed by atoms with Crippen LogP contribution in [-0.2, 0) is 59.2 Å². The Labute approximate surface area is 475 Å². The Morgan fingerprint density at radius 3 is 2.06 bits per heavy atom. The van der Waals surface area contributed by atoms with Gasteiger partial charge in [-0.3, -0.25) is 57.7 Å². The van der Waals surface area contributed by atoms with Crippen molar-refractivity contribution in [3.63, 3.8) is 0 Å². The van der Waals surface area contributed by atoms with Gasteiger partial charge in [0.1, 0.15) is 42.3 Å². The summed E-state index contributed by atoms with van der Waals surface area (Å²) in [5, 5.41) is 28.6. The molecule has 2 heterocycles. The predicted octanol–water partition coefficient (Wildman–Crippen LogP) is -1.22. The standard InChI is InChI=1S/C52H80N14O12S2/c1-5-28(2)41(64-45(74)34(23-29-26-58-31-14-8-7-13-30(29)31)60-39(69)25-52(80)19-9-6-10-20-52)48(77)62-33(17-18-40(70)71)44(73)63-35(24-37(53)67)46(75)65-42(51(3,4)79)49(78)66-22-12-16-36(66)47(76)61-32(15-11-21-57-50(55)56)43(72)59-27-38(54)68/h7-8,13-14,26,28,32-36,41-42,58,79-80H,5-6,9-12,15-25,27H2,1-4H3,(H2,53,67)(H2,54,68)(H,59,72)(H,60,69)(H,61,76)(H,62,77)(H,63,73)(H,64,74)(H,65,75)(H,70,71)(H4,55,56,57)/t28-,32-,33-,34+,35-,36+,41-,42-/m0/s1. The second-order valence-electron chi connectivity index (χ2n) is 21.2. The van der Waals surface area contributed by atoms with Gasteiger partial charge in [-0.2, -0.15) is 25.3 Å². The van der Waals surface area contributed by atoms with E-state index >= 15 is 0 Å². The normalized spacial score (nSPS) is 17.6. The van der Waals surface area contributed by atoms with Crippen LogP contribution in [0.4, 0.5) is 0 Å². The zero-order chi connectivity index (χ0) is 59.5. The zero-order valence-electron chi connectivity index (χ0n) is 45.8. The minimum atomic E-state index is -1.82. The summed E-state index contributed by atoms with van der Waals surface area (Å²) in [7, 11) is 0. The van der Waals surface area contributed by atoms with E-state index in [1.807, 2.05) is 24.3 Å². The molecule has 0 radical (unpaired) electrons. The highest BCUT2D eigenvalue weighted by Crippen LogP contribution is 2.36. The molecule has 1 aromatic carbocycles. The van der Waals surface area contributed by atoms with Crippen molar-refractivity contribution < 1.29 is 57.8 Å². The van der Waals surface area contributed by atoms with Crippen molar-refractivity contribution in [1.82, 2.24) is 47.1 Å². The number of aromatic nitrogens is 1. The molecule has 442 valence electrons. The molecule has 0 unspecified atom stereocenters. The van der Waals surface area contributed by atoms with E-state index in [-0.39, 0.29) is 51.2 Å². The van der Waals surface area contributed by atoms with Gasteiger partial charge in [-0.15, -0.1) is 0 Å². The molecule has 2 aliphatic rings. The molecule has 10 amide bonds. The number of carbonyl (C=O) groups is 11. The molecule has 0 spiro atoms. The van der Waals surface area contributed by atoms with Gasteiger partial charge in [0.25, 0.3) is 0 Å². The van der Waals surface area contributed by atoms with Crippen LogP contribution in [-0.4, -0.2) is 157 Å². The van der Waals surface area contributed by atoms with Crippen LogP contribution in [0.15, 0.2) is 35.5 Å². The molecule has 0 bridgehead atoms. The van der Waals surface area contributed by atoms with Crippen LogP contribution in [0.1, 0.15) is 123 Å². The van der Waals surface area contributed by atoms with Crippen LogP contribution in [0, 0.1) is 5.92 Å². The number of aliphatic carboxylic acids is 1. The van der Waals surface area contributed by atoms with Crippen LogP contribution in [0.5, 0.6) is 0 Å². The van der Waals surface area contributed by atoms with Gasteiger partial charge in [0.05, 0.1) is 13.0 Å². The van der Waals surface area contributed by atoms with Gasteiger partial charge in [0, 0.05) is 58.9 Å². The van der Waals surface area contributed by atoms with Crippen molar-refractivity contribution in [3.8, 4) is 0 Å². The molecule has 1 aliphatic heterocycles. The maximum atomic E-state index is 14.5. The van der Waals surface area contributed by atoms with Gasteiger partial charge in [-0.05, 0) is 76.3 Å². The lowest BCUT2D eigenvalue weighted by molar-refractivity contribution is -0.143. The number of thiol groups is 2. The number of carboxylic acids is 1. The molecule has 1 saturated carbocycles. The van der Waals surface area contributed by atoms with Crippen molar-refractivity contribution >= 4 is 107 Å². The van der Waals surface area contributed by atoms with Gasteiger partial charge < -0.3 is 75.1 Å². The minimum absolute atomic E-state index is 0.0189. The fraction of sp³-hybridized carbons (Fsp3) is 0.615. The number of aromatic amines is 1. The zero-order valence-corrected chi connectivity index (χ0v) is 47.6. The molecule has 17 N–H and O–H groups in total. The van der Waals surface area contributed by atoms with Crippen molar-refractivity contribution in [2.24, 2.45) is 33.8 Å². The number of guanidine groups is 1.